The van der Waals surface area contributed by atoms with Crippen LogP contribution in [0.15, 0.2) is 0 Å². The van der Waals surface area contributed by atoms with Gasteiger partial charge in [0.1, 0.15) is 12.6 Å². The van der Waals surface area contributed by atoms with Crippen LogP contribution in [-0.4, -0.2) is 65.0 Å². The van der Waals surface area contributed by atoms with Crippen molar-refractivity contribution in [2.75, 3.05) is 26.2 Å². The molecule has 7 nitrogen and oxygen atoms in total. The van der Waals surface area contributed by atoms with Crippen molar-refractivity contribution >= 4 is 17.9 Å². The number of amides is 3. The van der Waals surface area contributed by atoms with Gasteiger partial charge in [0.25, 0.3) is 0 Å². The molecule has 2 N–H and O–H groups in total. The van der Waals surface area contributed by atoms with Gasteiger partial charge in [0, 0.05) is 19.6 Å². The van der Waals surface area contributed by atoms with Gasteiger partial charge in [0.05, 0.1) is 0 Å². The first-order valence-corrected chi connectivity index (χ1v) is 6.04. The number of urea groups is 1. The van der Waals surface area contributed by atoms with Gasteiger partial charge in [-0.3, -0.25) is 9.69 Å². The summed E-state index contributed by atoms with van der Waals surface area (Å²) in [4.78, 5) is 37.4. The average molecular weight is 255 g/mol. The number of aliphatic carboxylic acids is 1. The Hall–Kier alpha value is -1.79. The minimum absolute atomic E-state index is 0.0245. The van der Waals surface area contributed by atoms with Crippen molar-refractivity contribution in [3.05, 3.63) is 0 Å². The molecule has 2 aliphatic heterocycles. The number of carboxylic acids is 1. The third kappa shape index (κ3) is 2.39. The van der Waals surface area contributed by atoms with Crippen LogP contribution in [0, 0.1) is 5.92 Å². The van der Waals surface area contributed by atoms with E-state index >= 15 is 0 Å². The number of rotatable bonds is 1. The SMILES string of the molecule is CC1CCN(C(=O)N2CC(=O)NCC2C(=O)O)C1. The van der Waals surface area contributed by atoms with Crippen molar-refractivity contribution in [2.24, 2.45) is 5.92 Å². The van der Waals surface area contributed by atoms with E-state index in [1.807, 2.05) is 6.92 Å². The molecule has 7 heteroatoms. The van der Waals surface area contributed by atoms with Gasteiger partial charge in [-0.2, -0.15) is 0 Å². The van der Waals surface area contributed by atoms with Gasteiger partial charge in [-0.15, -0.1) is 0 Å². The number of hydrogen-bond acceptors (Lipinski definition) is 3. The van der Waals surface area contributed by atoms with E-state index in [0.717, 1.165) is 11.3 Å². The molecule has 0 aromatic rings. The summed E-state index contributed by atoms with van der Waals surface area (Å²) >= 11 is 0. The van der Waals surface area contributed by atoms with Gasteiger partial charge >= 0.3 is 12.0 Å². The fourth-order valence-corrected chi connectivity index (χ4v) is 2.35. The van der Waals surface area contributed by atoms with E-state index in [0.29, 0.717) is 19.0 Å². The zero-order valence-corrected chi connectivity index (χ0v) is 10.3. The molecule has 2 atom stereocenters. The van der Waals surface area contributed by atoms with Crippen LogP contribution in [0.1, 0.15) is 13.3 Å². The highest BCUT2D eigenvalue weighted by atomic mass is 16.4. The fourth-order valence-electron chi connectivity index (χ4n) is 2.35. The molecule has 3 amide bonds. The lowest BCUT2D eigenvalue weighted by molar-refractivity contribution is -0.144. The van der Waals surface area contributed by atoms with E-state index in [4.69, 9.17) is 5.11 Å². The van der Waals surface area contributed by atoms with Gasteiger partial charge in [-0.1, -0.05) is 6.92 Å². The van der Waals surface area contributed by atoms with E-state index in [2.05, 4.69) is 5.32 Å². The Morgan fingerprint density at radius 2 is 2.17 bits per heavy atom. The summed E-state index contributed by atoms with van der Waals surface area (Å²) < 4.78 is 0. The Balaban J connectivity index is 2.09. The number of carboxylic acid groups (broad SMARTS) is 1. The van der Waals surface area contributed by atoms with E-state index in [1.54, 1.807) is 4.90 Å². The maximum absolute atomic E-state index is 12.2. The molecule has 2 fully saturated rings. The van der Waals surface area contributed by atoms with Gasteiger partial charge in [0.15, 0.2) is 0 Å². The summed E-state index contributed by atoms with van der Waals surface area (Å²) in [6.45, 7) is 3.10. The number of carbonyl (C=O) groups is 3. The first kappa shape index (κ1) is 12.7. The minimum Gasteiger partial charge on any atom is -0.480 e. The summed E-state index contributed by atoms with van der Waals surface area (Å²) in [6, 6.07) is -1.31. The predicted octanol–water partition coefficient (Wildman–Crippen LogP) is -0.667. The third-order valence-corrected chi connectivity index (χ3v) is 3.41. The van der Waals surface area contributed by atoms with Crippen molar-refractivity contribution in [3.8, 4) is 0 Å². The number of carbonyl (C=O) groups excluding carboxylic acids is 2. The molecular formula is C11H17N3O4. The topological polar surface area (TPSA) is 90.0 Å². The van der Waals surface area contributed by atoms with Crippen molar-refractivity contribution < 1.29 is 19.5 Å². The maximum atomic E-state index is 12.2. The Kier molecular flexibility index (Phi) is 3.40. The molecule has 2 unspecified atom stereocenters. The fraction of sp³-hybridized carbons (Fsp3) is 0.727. The van der Waals surface area contributed by atoms with Crippen LogP contribution in [0.4, 0.5) is 4.79 Å². The quantitative estimate of drug-likeness (QED) is 0.650. The van der Waals surface area contributed by atoms with E-state index in [1.165, 1.54) is 0 Å². The van der Waals surface area contributed by atoms with Crippen molar-refractivity contribution in [1.82, 2.24) is 15.1 Å². The predicted molar refractivity (Wildman–Crippen MR) is 61.9 cm³/mol. The lowest BCUT2D eigenvalue weighted by Gasteiger charge is -2.35. The molecule has 0 bridgehead atoms. The molecule has 0 aromatic heterocycles. The van der Waals surface area contributed by atoms with Gasteiger partial charge in [-0.25, -0.2) is 9.59 Å². The second-order valence-electron chi connectivity index (χ2n) is 4.91. The summed E-state index contributed by atoms with van der Waals surface area (Å²) in [6.07, 6.45) is 0.920. The number of nitrogens with one attached hydrogen (secondary N) is 1. The van der Waals surface area contributed by atoms with Gasteiger partial charge < -0.3 is 15.3 Å². The third-order valence-electron chi connectivity index (χ3n) is 3.41. The highest BCUT2D eigenvalue weighted by Gasteiger charge is 2.38. The number of piperazine rings is 1. The number of likely N-dealkylation sites (tertiary alicyclic amines) is 1. The van der Waals surface area contributed by atoms with E-state index in [9.17, 15) is 14.4 Å². The van der Waals surface area contributed by atoms with Gasteiger partial charge in [-0.05, 0) is 12.3 Å². The Morgan fingerprint density at radius 1 is 1.44 bits per heavy atom. The van der Waals surface area contributed by atoms with Crippen molar-refractivity contribution in [2.45, 2.75) is 19.4 Å². The zero-order valence-electron chi connectivity index (χ0n) is 10.3. The Labute approximate surface area is 105 Å². The molecule has 2 saturated heterocycles. The highest BCUT2D eigenvalue weighted by Crippen LogP contribution is 2.18. The lowest BCUT2D eigenvalue weighted by Crippen LogP contribution is -2.61. The first-order chi connectivity index (χ1) is 8.49. The normalized spacial score (nSPS) is 28.2. The van der Waals surface area contributed by atoms with Crippen LogP contribution in [0.2, 0.25) is 0 Å². The Bertz CT molecular complexity index is 384. The maximum Gasteiger partial charge on any atom is 0.328 e. The van der Waals surface area contributed by atoms with Crippen LogP contribution in [0.25, 0.3) is 0 Å². The summed E-state index contributed by atoms with van der Waals surface area (Å²) in [7, 11) is 0. The standard InChI is InChI=1S/C11H17N3O4/c1-7-2-3-13(5-7)11(18)14-6-9(15)12-4-8(14)10(16)17/h7-8H,2-6H2,1H3,(H,12,15)(H,16,17). The summed E-state index contributed by atoms with van der Waals surface area (Å²) in [5.41, 5.74) is 0. The molecule has 100 valence electrons. The van der Waals surface area contributed by atoms with Crippen molar-refractivity contribution in [3.63, 3.8) is 0 Å². The molecule has 0 aromatic carbocycles. The summed E-state index contributed by atoms with van der Waals surface area (Å²) in [5, 5.41) is 11.5. The lowest BCUT2D eigenvalue weighted by atomic mass is 10.2. The smallest absolute Gasteiger partial charge is 0.328 e. The monoisotopic (exact) mass is 255 g/mol. The summed E-state index contributed by atoms with van der Waals surface area (Å²) in [5.74, 6) is -0.973. The molecule has 0 aliphatic carbocycles. The zero-order chi connectivity index (χ0) is 13.3. The molecule has 2 heterocycles. The molecule has 0 radical (unpaired) electrons. The second-order valence-corrected chi connectivity index (χ2v) is 4.91. The molecule has 0 spiro atoms. The average Bonchev–Trinajstić information content (AvgIpc) is 2.74. The molecule has 0 saturated carbocycles. The van der Waals surface area contributed by atoms with Crippen LogP contribution in [0.3, 0.4) is 0 Å². The van der Waals surface area contributed by atoms with Crippen LogP contribution in [-0.2, 0) is 9.59 Å². The first-order valence-electron chi connectivity index (χ1n) is 6.04. The van der Waals surface area contributed by atoms with Gasteiger partial charge in [0.2, 0.25) is 5.91 Å². The van der Waals surface area contributed by atoms with E-state index in [-0.39, 0.29) is 25.0 Å². The molecule has 2 rings (SSSR count). The van der Waals surface area contributed by atoms with Crippen molar-refractivity contribution in [1.29, 1.82) is 0 Å². The molecule has 2 aliphatic rings. The molecular weight excluding hydrogens is 238 g/mol. The Morgan fingerprint density at radius 3 is 2.72 bits per heavy atom. The largest absolute Gasteiger partial charge is 0.480 e. The highest BCUT2D eigenvalue weighted by molar-refractivity contribution is 5.90. The van der Waals surface area contributed by atoms with Crippen LogP contribution >= 0.6 is 0 Å². The number of nitrogens with zero attached hydrogens (tertiary/aromatic N) is 2. The second kappa shape index (κ2) is 4.83. The molecule has 18 heavy (non-hydrogen) atoms. The minimum atomic E-state index is -1.09. The number of hydrogen-bond donors (Lipinski definition) is 2. The van der Waals surface area contributed by atoms with E-state index < -0.39 is 12.0 Å². The van der Waals surface area contributed by atoms with Crippen LogP contribution in [0.5, 0.6) is 0 Å². The van der Waals surface area contributed by atoms with Crippen LogP contribution < -0.4 is 5.32 Å².